The highest BCUT2D eigenvalue weighted by Crippen LogP contribution is 2.16. The number of furan rings is 1. The normalized spacial score (nSPS) is 10.9. The third kappa shape index (κ3) is 4.03. The number of amides is 1. The summed E-state index contributed by atoms with van der Waals surface area (Å²) in [6.45, 7) is 3.06. The zero-order valence-electron chi connectivity index (χ0n) is 11.4. The molecule has 2 aromatic rings. The maximum Gasteiger partial charge on any atom is 0.433 e. The van der Waals surface area contributed by atoms with Gasteiger partial charge < -0.3 is 9.73 Å². The number of hydrogen-bond acceptors (Lipinski definition) is 5. The Balaban J connectivity index is 1.85. The fraction of sp³-hybridized carbons (Fsp3) is 0.231. The second-order valence-electron chi connectivity index (χ2n) is 4.15. The lowest BCUT2D eigenvalue weighted by Crippen LogP contribution is -2.20. The van der Waals surface area contributed by atoms with Crippen LogP contribution in [0.4, 0.5) is 5.88 Å². The maximum absolute atomic E-state index is 11.6. The number of nitrogens with zero attached hydrogens (tertiary/aromatic N) is 3. The van der Waals surface area contributed by atoms with Crippen molar-refractivity contribution in [2.75, 3.05) is 0 Å². The number of aromatic nitrogens is 2. The Morgan fingerprint density at radius 2 is 2.33 bits per heavy atom. The number of hydrogen-bond donors (Lipinski definition) is 1. The van der Waals surface area contributed by atoms with Gasteiger partial charge in [-0.25, -0.2) is 0 Å². The summed E-state index contributed by atoms with van der Waals surface area (Å²) < 4.78 is 6.66. The highest BCUT2D eigenvalue weighted by atomic mass is 16.6. The molecule has 0 unspecified atom stereocenters. The van der Waals surface area contributed by atoms with Crippen molar-refractivity contribution in [2.45, 2.75) is 20.0 Å². The van der Waals surface area contributed by atoms with Crippen LogP contribution in [-0.2, 0) is 17.9 Å². The van der Waals surface area contributed by atoms with Gasteiger partial charge in [-0.1, -0.05) is 0 Å². The minimum atomic E-state index is -0.637. The van der Waals surface area contributed by atoms with Crippen LogP contribution in [0.2, 0.25) is 0 Å². The number of rotatable bonds is 6. The van der Waals surface area contributed by atoms with Gasteiger partial charge in [-0.3, -0.25) is 19.6 Å². The van der Waals surface area contributed by atoms with Crippen molar-refractivity contribution in [2.24, 2.45) is 0 Å². The summed E-state index contributed by atoms with van der Waals surface area (Å²) in [4.78, 5) is 21.4. The molecule has 8 heteroatoms. The van der Waals surface area contributed by atoms with Crippen LogP contribution in [0.15, 0.2) is 34.9 Å². The van der Waals surface area contributed by atoms with Gasteiger partial charge >= 0.3 is 5.88 Å². The van der Waals surface area contributed by atoms with Crippen molar-refractivity contribution < 1.29 is 14.1 Å². The van der Waals surface area contributed by atoms with Gasteiger partial charge in [-0.05, 0) is 25.1 Å². The van der Waals surface area contributed by atoms with Crippen molar-refractivity contribution in [3.05, 3.63) is 52.0 Å². The Bertz CT molecular complexity index is 671. The topological polar surface area (TPSA) is 103 Å². The van der Waals surface area contributed by atoms with Crippen molar-refractivity contribution in [3.8, 4) is 0 Å². The summed E-state index contributed by atoms with van der Waals surface area (Å²) in [6, 6.07) is 4.48. The smallest absolute Gasteiger partial charge is 0.401 e. The number of aryl methyl sites for hydroxylation is 1. The fourth-order valence-corrected chi connectivity index (χ4v) is 1.60. The van der Waals surface area contributed by atoms with Crippen molar-refractivity contribution in [1.29, 1.82) is 0 Å². The monoisotopic (exact) mass is 290 g/mol. The van der Waals surface area contributed by atoms with Crippen LogP contribution >= 0.6 is 0 Å². The quantitative estimate of drug-likeness (QED) is 0.495. The van der Waals surface area contributed by atoms with Gasteiger partial charge in [-0.15, -0.1) is 0 Å². The summed E-state index contributed by atoms with van der Waals surface area (Å²) in [7, 11) is 0. The van der Waals surface area contributed by atoms with Gasteiger partial charge in [0.15, 0.2) is 0 Å². The first-order valence-electron chi connectivity index (χ1n) is 6.31. The minimum Gasteiger partial charge on any atom is -0.401 e. The predicted octanol–water partition coefficient (Wildman–Crippen LogP) is 1.73. The molecule has 0 fully saturated rings. The summed E-state index contributed by atoms with van der Waals surface area (Å²) in [5.74, 6) is -0.452. The van der Waals surface area contributed by atoms with E-state index >= 15 is 0 Å². The maximum atomic E-state index is 11.6. The Morgan fingerprint density at radius 3 is 2.95 bits per heavy atom. The molecule has 0 aliphatic rings. The van der Waals surface area contributed by atoms with Gasteiger partial charge in [0.05, 0.1) is 18.3 Å². The average molecular weight is 290 g/mol. The third-order valence-electron chi connectivity index (χ3n) is 2.66. The van der Waals surface area contributed by atoms with Crippen LogP contribution in [0.5, 0.6) is 0 Å². The molecule has 8 nitrogen and oxygen atoms in total. The van der Waals surface area contributed by atoms with Gasteiger partial charge in [-0.2, -0.15) is 5.10 Å². The highest BCUT2D eigenvalue weighted by Gasteiger charge is 2.10. The Morgan fingerprint density at radius 1 is 1.52 bits per heavy atom. The second-order valence-corrected chi connectivity index (χ2v) is 4.15. The van der Waals surface area contributed by atoms with Crippen molar-refractivity contribution >= 4 is 17.9 Å². The molecular formula is C13H14N4O4. The number of carbonyl (C=O) groups excluding carboxylic acids is 1. The van der Waals surface area contributed by atoms with E-state index in [9.17, 15) is 14.9 Å². The molecule has 21 heavy (non-hydrogen) atoms. The van der Waals surface area contributed by atoms with Crippen LogP contribution in [0.1, 0.15) is 18.4 Å². The van der Waals surface area contributed by atoms with Gasteiger partial charge in [0.25, 0.3) is 0 Å². The molecule has 0 aliphatic heterocycles. The first kappa shape index (κ1) is 14.5. The first-order chi connectivity index (χ1) is 10.1. The molecule has 2 heterocycles. The lowest BCUT2D eigenvalue weighted by atomic mass is 10.3. The molecule has 2 rings (SSSR count). The Labute approximate surface area is 120 Å². The highest BCUT2D eigenvalue weighted by molar-refractivity contribution is 5.91. The van der Waals surface area contributed by atoms with E-state index in [0.29, 0.717) is 6.54 Å². The van der Waals surface area contributed by atoms with Gasteiger partial charge in [0.2, 0.25) is 5.91 Å². The molecule has 0 radical (unpaired) electrons. The molecule has 0 atom stereocenters. The minimum absolute atomic E-state index is 0.243. The molecule has 0 spiro atoms. The van der Waals surface area contributed by atoms with E-state index in [2.05, 4.69) is 10.4 Å². The SMILES string of the molecule is CCn1ccc(CNC(=O)/C=C/c2ccc([N+](=O)[O-])o2)n1. The standard InChI is InChI=1S/C13H14N4O4/c1-2-16-8-7-10(15-16)9-14-12(18)5-3-11-4-6-13(21-11)17(19)20/h3-8H,2,9H2,1H3,(H,14,18)/b5-3+. The van der Waals surface area contributed by atoms with E-state index in [1.165, 1.54) is 24.3 Å². The predicted molar refractivity (Wildman–Crippen MR) is 74.1 cm³/mol. The van der Waals surface area contributed by atoms with Gasteiger partial charge in [0.1, 0.15) is 10.7 Å². The number of nitro groups is 1. The van der Waals surface area contributed by atoms with E-state index in [0.717, 1.165) is 12.2 Å². The van der Waals surface area contributed by atoms with E-state index in [-0.39, 0.29) is 17.6 Å². The molecule has 1 amide bonds. The average Bonchev–Trinajstić information content (AvgIpc) is 3.11. The van der Waals surface area contributed by atoms with Gasteiger partial charge in [0, 0.05) is 18.8 Å². The molecule has 0 saturated heterocycles. The van der Waals surface area contributed by atoms with Crippen LogP contribution in [0, 0.1) is 10.1 Å². The van der Waals surface area contributed by atoms with E-state index in [1.54, 1.807) is 4.68 Å². The summed E-state index contributed by atoms with van der Waals surface area (Å²) in [5, 5.41) is 17.3. The summed E-state index contributed by atoms with van der Waals surface area (Å²) in [6.07, 6.45) is 4.45. The molecule has 110 valence electrons. The number of nitrogens with one attached hydrogen (secondary N) is 1. The first-order valence-corrected chi connectivity index (χ1v) is 6.31. The van der Waals surface area contributed by atoms with E-state index in [1.807, 2.05) is 19.2 Å². The van der Waals surface area contributed by atoms with Crippen molar-refractivity contribution in [1.82, 2.24) is 15.1 Å². The zero-order chi connectivity index (χ0) is 15.2. The molecule has 1 N–H and O–H groups in total. The summed E-state index contributed by atoms with van der Waals surface area (Å²) >= 11 is 0. The van der Waals surface area contributed by atoms with E-state index < -0.39 is 4.92 Å². The molecule has 0 bridgehead atoms. The largest absolute Gasteiger partial charge is 0.433 e. The second kappa shape index (κ2) is 6.51. The van der Waals surface area contributed by atoms with E-state index in [4.69, 9.17) is 4.42 Å². The molecule has 0 aliphatic carbocycles. The van der Waals surface area contributed by atoms with Crippen molar-refractivity contribution in [3.63, 3.8) is 0 Å². The molecule has 0 aromatic carbocycles. The fourth-order valence-electron chi connectivity index (χ4n) is 1.60. The lowest BCUT2D eigenvalue weighted by molar-refractivity contribution is -0.402. The number of carbonyl (C=O) groups is 1. The molecule has 0 saturated carbocycles. The molecular weight excluding hydrogens is 276 g/mol. The zero-order valence-corrected chi connectivity index (χ0v) is 11.4. The third-order valence-corrected chi connectivity index (χ3v) is 2.66. The summed E-state index contributed by atoms with van der Waals surface area (Å²) in [5.41, 5.74) is 0.757. The Hall–Kier alpha value is -2.90. The van der Waals surface area contributed by atoms with Crippen LogP contribution < -0.4 is 5.32 Å². The molecule has 2 aromatic heterocycles. The van der Waals surface area contributed by atoms with Crippen LogP contribution in [0.25, 0.3) is 6.08 Å². The Kier molecular flexibility index (Phi) is 4.50. The van der Waals surface area contributed by atoms with Crippen LogP contribution in [0.3, 0.4) is 0 Å². The van der Waals surface area contributed by atoms with Crippen LogP contribution in [-0.4, -0.2) is 20.6 Å². The lowest BCUT2D eigenvalue weighted by Gasteiger charge is -1.98.